The highest BCUT2D eigenvalue weighted by Crippen LogP contribution is 2.20. The summed E-state index contributed by atoms with van der Waals surface area (Å²) in [6.07, 6.45) is 0. The fourth-order valence-electron chi connectivity index (χ4n) is 1.67. The van der Waals surface area contributed by atoms with Gasteiger partial charge in [0.1, 0.15) is 18.5 Å². The molecule has 0 radical (unpaired) electrons. The van der Waals surface area contributed by atoms with Gasteiger partial charge in [0.2, 0.25) is 0 Å². The standard InChI is InChI=1S/C15H10ClFN2O2/c16-12-5-4-9(6-13(12)19)15(20)21-8-11-3-1-2-10(7-18)14(11)17/h1-6H,8,19H2. The Morgan fingerprint density at radius 1 is 1.38 bits per heavy atom. The molecular formula is C15H10ClFN2O2. The zero-order valence-electron chi connectivity index (χ0n) is 10.8. The van der Waals surface area contributed by atoms with Crippen LogP contribution in [0.5, 0.6) is 0 Å². The Balaban J connectivity index is 2.11. The van der Waals surface area contributed by atoms with Crippen molar-refractivity contribution in [1.82, 2.24) is 0 Å². The van der Waals surface area contributed by atoms with Crippen LogP contribution in [-0.2, 0) is 11.3 Å². The van der Waals surface area contributed by atoms with Gasteiger partial charge in [-0.05, 0) is 24.3 Å². The number of carbonyl (C=O) groups excluding carboxylic acids is 1. The van der Waals surface area contributed by atoms with Gasteiger partial charge in [-0.15, -0.1) is 0 Å². The van der Waals surface area contributed by atoms with Crippen molar-refractivity contribution in [2.75, 3.05) is 5.73 Å². The second-order valence-electron chi connectivity index (χ2n) is 4.20. The Morgan fingerprint density at radius 3 is 2.81 bits per heavy atom. The van der Waals surface area contributed by atoms with Crippen molar-refractivity contribution >= 4 is 23.3 Å². The number of benzene rings is 2. The summed E-state index contributed by atoms with van der Waals surface area (Å²) in [4.78, 5) is 11.8. The molecule has 106 valence electrons. The van der Waals surface area contributed by atoms with Gasteiger partial charge in [-0.1, -0.05) is 23.7 Å². The Morgan fingerprint density at radius 2 is 2.14 bits per heavy atom. The third-order valence-electron chi connectivity index (χ3n) is 2.79. The highest BCUT2D eigenvalue weighted by molar-refractivity contribution is 6.33. The third kappa shape index (κ3) is 3.30. The molecule has 0 aliphatic heterocycles. The van der Waals surface area contributed by atoms with Gasteiger partial charge in [0.25, 0.3) is 0 Å². The van der Waals surface area contributed by atoms with E-state index < -0.39 is 11.8 Å². The van der Waals surface area contributed by atoms with Gasteiger partial charge < -0.3 is 10.5 Å². The summed E-state index contributed by atoms with van der Waals surface area (Å²) in [7, 11) is 0. The number of hydrogen-bond donors (Lipinski definition) is 1. The van der Waals surface area contributed by atoms with Crippen molar-refractivity contribution in [2.45, 2.75) is 6.61 Å². The van der Waals surface area contributed by atoms with Crippen LogP contribution in [0, 0.1) is 17.1 Å². The average Bonchev–Trinajstić information content (AvgIpc) is 2.48. The lowest BCUT2D eigenvalue weighted by molar-refractivity contribution is 0.0469. The lowest BCUT2D eigenvalue weighted by Crippen LogP contribution is -2.07. The molecule has 0 atom stereocenters. The Kier molecular flexibility index (Phi) is 4.41. The molecule has 0 aliphatic rings. The summed E-state index contributed by atoms with van der Waals surface area (Å²) in [6.45, 7) is -0.275. The van der Waals surface area contributed by atoms with Gasteiger partial charge in [0, 0.05) is 5.56 Å². The molecule has 0 spiro atoms. The molecule has 0 fully saturated rings. The van der Waals surface area contributed by atoms with Gasteiger partial charge in [0.15, 0.2) is 0 Å². The molecule has 0 aromatic heterocycles. The lowest BCUT2D eigenvalue weighted by atomic mass is 10.1. The van der Waals surface area contributed by atoms with Gasteiger partial charge in [-0.2, -0.15) is 5.26 Å². The Bertz CT molecular complexity index is 741. The number of anilines is 1. The van der Waals surface area contributed by atoms with E-state index in [9.17, 15) is 9.18 Å². The number of hydrogen-bond acceptors (Lipinski definition) is 4. The zero-order valence-corrected chi connectivity index (χ0v) is 11.5. The quantitative estimate of drug-likeness (QED) is 0.697. The maximum atomic E-state index is 13.8. The minimum absolute atomic E-state index is 0.0979. The summed E-state index contributed by atoms with van der Waals surface area (Å²) in [5, 5.41) is 9.06. The SMILES string of the molecule is N#Cc1cccc(COC(=O)c2ccc(Cl)c(N)c2)c1F. The number of nitrogens with zero attached hydrogens (tertiary/aromatic N) is 1. The molecule has 2 aromatic rings. The van der Waals surface area contributed by atoms with E-state index in [4.69, 9.17) is 27.3 Å². The van der Waals surface area contributed by atoms with Crippen LogP contribution in [0.3, 0.4) is 0 Å². The summed E-state index contributed by atoms with van der Waals surface area (Å²) >= 11 is 5.76. The Hall–Kier alpha value is -2.58. The number of nitrogens with two attached hydrogens (primary N) is 1. The van der Waals surface area contributed by atoms with E-state index >= 15 is 0 Å². The second-order valence-corrected chi connectivity index (χ2v) is 4.61. The van der Waals surface area contributed by atoms with E-state index in [0.29, 0.717) is 5.02 Å². The first kappa shape index (κ1) is 14.8. The second kappa shape index (κ2) is 6.25. The van der Waals surface area contributed by atoms with Gasteiger partial charge in [-0.3, -0.25) is 0 Å². The molecule has 0 amide bonds. The van der Waals surface area contributed by atoms with E-state index in [1.165, 1.54) is 36.4 Å². The van der Waals surface area contributed by atoms with Gasteiger partial charge in [-0.25, -0.2) is 9.18 Å². The fourth-order valence-corrected chi connectivity index (χ4v) is 1.79. The predicted molar refractivity (Wildman–Crippen MR) is 76.1 cm³/mol. The summed E-state index contributed by atoms with van der Waals surface area (Å²) < 4.78 is 18.8. The molecule has 6 heteroatoms. The summed E-state index contributed by atoms with van der Waals surface area (Å²) in [5.74, 6) is -1.34. The number of halogens is 2. The molecule has 2 aromatic carbocycles. The largest absolute Gasteiger partial charge is 0.457 e. The van der Waals surface area contributed by atoms with Crippen LogP contribution < -0.4 is 5.73 Å². The van der Waals surface area contributed by atoms with E-state index in [0.717, 1.165) is 0 Å². The maximum Gasteiger partial charge on any atom is 0.338 e. The van der Waals surface area contributed by atoms with E-state index in [1.54, 1.807) is 6.07 Å². The van der Waals surface area contributed by atoms with Crippen LogP contribution in [0.1, 0.15) is 21.5 Å². The zero-order chi connectivity index (χ0) is 15.4. The number of esters is 1. The van der Waals surface area contributed by atoms with Crippen LogP contribution in [0.25, 0.3) is 0 Å². The van der Waals surface area contributed by atoms with Crippen LogP contribution in [0.4, 0.5) is 10.1 Å². The number of ether oxygens (including phenoxy) is 1. The van der Waals surface area contributed by atoms with Crippen LogP contribution in [-0.4, -0.2) is 5.97 Å². The first-order valence-electron chi connectivity index (χ1n) is 5.92. The fraction of sp³-hybridized carbons (Fsp3) is 0.0667. The summed E-state index contributed by atoms with van der Waals surface area (Å²) in [5.41, 5.74) is 6.09. The number of nitrogen functional groups attached to an aromatic ring is 1. The molecular weight excluding hydrogens is 295 g/mol. The van der Waals surface area contributed by atoms with Crippen LogP contribution >= 0.6 is 11.6 Å². The first-order valence-corrected chi connectivity index (χ1v) is 6.30. The minimum atomic E-state index is -0.691. The highest BCUT2D eigenvalue weighted by Gasteiger charge is 2.12. The molecule has 0 saturated heterocycles. The maximum absolute atomic E-state index is 13.8. The van der Waals surface area contributed by atoms with Crippen molar-refractivity contribution in [3.05, 3.63) is 63.9 Å². The van der Waals surface area contributed by atoms with Crippen LogP contribution in [0.2, 0.25) is 5.02 Å². The lowest BCUT2D eigenvalue weighted by Gasteiger charge is -2.07. The van der Waals surface area contributed by atoms with E-state index in [-0.39, 0.29) is 29.0 Å². The van der Waals surface area contributed by atoms with Gasteiger partial charge >= 0.3 is 5.97 Å². The molecule has 2 N–H and O–H groups in total. The molecule has 4 nitrogen and oxygen atoms in total. The van der Waals surface area contributed by atoms with Crippen molar-refractivity contribution in [1.29, 1.82) is 5.26 Å². The Labute approximate surface area is 125 Å². The number of carbonyl (C=O) groups is 1. The summed E-state index contributed by atoms with van der Waals surface area (Å²) in [6, 6.07) is 10.4. The predicted octanol–water partition coefficient (Wildman–Crippen LogP) is 3.29. The third-order valence-corrected chi connectivity index (χ3v) is 3.13. The highest BCUT2D eigenvalue weighted by atomic mass is 35.5. The van der Waals surface area contributed by atoms with Crippen LogP contribution in [0.15, 0.2) is 36.4 Å². The topological polar surface area (TPSA) is 76.1 Å². The molecule has 0 saturated carbocycles. The molecule has 2 rings (SSSR count). The monoisotopic (exact) mass is 304 g/mol. The molecule has 0 unspecified atom stereocenters. The van der Waals surface area contributed by atoms with Gasteiger partial charge in [0.05, 0.1) is 21.8 Å². The van der Waals surface area contributed by atoms with E-state index in [1.807, 2.05) is 0 Å². The number of nitriles is 1. The first-order chi connectivity index (χ1) is 10.0. The molecule has 21 heavy (non-hydrogen) atoms. The minimum Gasteiger partial charge on any atom is -0.457 e. The molecule has 0 aliphatic carbocycles. The smallest absolute Gasteiger partial charge is 0.338 e. The normalized spacial score (nSPS) is 9.95. The average molecular weight is 305 g/mol. The number of rotatable bonds is 3. The van der Waals surface area contributed by atoms with Crippen molar-refractivity contribution in [3.8, 4) is 6.07 Å². The molecule has 0 bridgehead atoms. The van der Waals surface area contributed by atoms with E-state index in [2.05, 4.69) is 0 Å². The van der Waals surface area contributed by atoms with Crippen molar-refractivity contribution in [3.63, 3.8) is 0 Å². The van der Waals surface area contributed by atoms with Crippen molar-refractivity contribution in [2.24, 2.45) is 0 Å². The molecule has 0 heterocycles. The van der Waals surface area contributed by atoms with Crippen molar-refractivity contribution < 1.29 is 13.9 Å².